The molecular weight excluding hydrogens is 516 g/mol. The van der Waals surface area contributed by atoms with Crippen molar-refractivity contribution in [3.8, 4) is 0 Å². The summed E-state index contributed by atoms with van der Waals surface area (Å²) in [5.74, 6) is -2.32. The van der Waals surface area contributed by atoms with Gasteiger partial charge in [0.1, 0.15) is 10.5 Å². The number of esters is 2. The zero-order chi connectivity index (χ0) is 26.0. The van der Waals surface area contributed by atoms with Gasteiger partial charge in [0, 0.05) is 9.79 Å². The largest absolute Gasteiger partial charge is 0.466 e. The molecule has 10 heteroatoms. The van der Waals surface area contributed by atoms with Crippen LogP contribution >= 0.6 is 34.9 Å². The summed E-state index contributed by atoms with van der Waals surface area (Å²) >= 11 is 4.32. The van der Waals surface area contributed by atoms with Gasteiger partial charge in [0.25, 0.3) is 5.56 Å². The second kappa shape index (κ2) is 10.8. The van der Waals surface area contributed by atoms with Crippen LogP contribution in [-0.2, 0) is 19.1 Å². The van der Waals surface area contributed by atoms with Gasteiger partial charge in [-0.1, -0.05) is 24.3 Å². The van der Waals surface area contributed by atoms with Crippen LogP contribution in [0.15, 0.2) is 68.7 Å². The molecule has 7 nitrogen and oxygen atoms in total. The predicted octanol–water partition coefficient (Wildman–Crippen LogP) is 2.60. The van der Waals surface area contributed by atoms with Gasteiger partial charge < -0.3 is 15.2 Å². The van der Waals surface area contributed by atoms with Crippen molar-refractivity contribution in [2.45, 2.75) is 15.7 Å². The van der Waals surface area contributed by atoms with Crippen LogP contribution in [0.1, 0.15) is 17.0 Å². The maximum atomic E-state index is 13.5. The van der Waals surface area contributed by atoms with Crippen molar-refractivity contribution < 1.29 is 19.1 Å². The molecule has 0 aliphatic carbocycles. The Balaban J connectivity index is 2.06. The van der Waals surface area contributed by atoms with Gasteiger partial charge in [0.15, 0.2) is 0 Å². The lowest BCUT2D eigenvalue weighted by molar-refractivity contribution is -0.136. The first-order chi connectivity index (χ1) is 17.3. The van der Waals surface area contributed by atoms with Crippen molar-refractivity contribution >= 4 is 64.3 Å². The van der Waals surface area contributed by atoms with E-state index in [4.69, 9.17) is 15.2 Å². The quantitative estimate of drug-likeness (QED) is 0.376. The molecule has 1 aromatic heterocycles. The van der Waals surface area contributed by atoms with E-state index in [0.29, 0.717) is 14.8 Å². The highest BCUT2D eigenvalue weighted by molar-refractivity contribution is 7.98. The number of aromatic nitrogens is 1. The predicted molar refractivity (Wildman–Crippen MR) is 145 cm³/mol. The standard InChI is InChI=1S/C26H24N2O5S3/c1-32-25(30)20-19(15-7-11-17(35-4)12-8-15)21(26(31)33-2)24-28(22(20)27)23(29)18(36-24)13-14-5-9-16(34-3)10-6-14/h5-13,19H,27H2,1-4H3. The van der Waals surface area contributed by atoms with Gasteiger partial charge in [-0.15, -0.1) is 34.9 Å². The Kier molecular flexibility index (Phi) is 7.77. The van der Waals surface area contributed by atoms with Crippen molar-refractivity contribution in [2.75, 3.05) is 26.7 Å². The molecule has 2 aromatic carbocycles. The molecule has 2 heterocycles. The van der Waals surface area contributed by atoms with Crippen LogP contribution in [-0.4, -0.2) is 43.2 Å². The summed E-state index contributed by atoms with van der Waals surface area (Å²) in [6, 6.07) is 15.2. The molecule has 0 saturated carbocycles. The molecule has 0 saturated heterocycles. The smallest absolute Gasteiger partial charge is 0.338 e. The Bertz CT molecular complexity index is 1530. The number of carbonyl (C=O) groups excluding carboxylic acids is 2. The molecular formula is C26H24N2O5S3. The lowest BCUT2D eigenvalue weighted by atomic mass is 9.83. The molecule has 36 heavy (non-hydrogen) atoms. The number of thioether (sulfide) groups is 2. The van der Waals surface area contributed by atoms with Gasteiger partial charge in [-0.2, -0.15) is 0 Å². The minimum Gasteiger partial charge on any atom is -0.466 e. The monoisotopic (exact) mass is 540 g/mol. The molecule has 1 aliphatic rings. The number of benzene rings is 2. The summed E-state index contributed by atoms with van der Waals surface area (Å²) in [6.45, 7) is 0. The van der Waals surface area contributed by atoms with E-state index in [0.717, 1.165) is 26.7 Å². The fourth-order valence-electron chi connectivity index (χ4n) is 4.05. The number of ether oxygens (including phenoxy) is 2. The highest BCUT2D eigenvalue weighted by atomic mass is 32.2. The SMILES string of the molecule is COC(=O)C1=C(N)n2c(sc(=Cc3ccc(SC)cc3)c2=O)=C(C(=O)OC)C1c1ccc(SC)cc1. The van der Waals surface area contributed by atoms with Crippen molar-refractivity contribution in [3.05, 3.63) is 84.8 Å². The average Bonchev–Trinajstić information content (AvgIpc) is 3.23. The number of methoxy groups -OCH3 is 2. The second-order valence-electron chi connectivity index (χ2n) is 7.73. The molecule has 4 rings (SSSR count). The lowest BCUT2D eigenvalue weighted by Gasteiger charge is -2.26. The average molecular weight is 541 g/mol. The maximum Gasteiger partial charge on any atom is 0.338 e. The van der Waals surface area contributed by atoms with Crippen LogP contribution in [0.3, 0.4) is 0 Å². The summed E-state index contributed by atoms with van der Waals surface area (Å²) in [4.78, 5) is 41.7. The third kappa shape index (κ3) is 4.63. The Hall–Kier alpha value is -3.21. The minimum atomic E-state index is -0.868. The number of hydrogen-bond acceptors (Lipinski definition) is 9. The molecule has 1 unspecified atom stereocenters. The molecule has 0 radical (unpaired) electrons. The maximum absolute atomic E-state index is 13.5. The van der Waals surface area contributed by atoms with E-state index in [1.54, 1.807) is 29.6 Å². The van der Waals surface area contributed by atoms with E-state index >= 15 is 0 Å². The molecule has 0 spiro atoms. The highest BCUT2D eigenvalue weighted by Crippen LogP contribution is 2.38. The minimum absolute atomic E-state index is 0.0121. The van der Waals surface area contributed by atoms with Crippen LogP contribution in [0.25, 0.3) is 17.5 Å². The van der Waals surface area contributed by atoms with Crippen molar-refractivity contribution in [2.24, 2.45) is 5.73 Å². The summed E-state index contributed by atoms with van der Waals surface area (Å²) in [5, 5.41) is 0. The Labute approximate surface area is 220 Å². The van der Waals surface area contributed by atoms with Gasteiger partial charge >= 0.3 is 11.9 Å². The Morgan fingerprint density at radius 3 is 1.97 bits per heavy atom. The number of nitrogens with two attached hydrogens (primary N) is 1. The number of rotatable bonds is 6. The summed E-state index contributed by atoms with van der Waals surface area (Å²) < 4.78 is 12.0. The van der Waals surface area contributed by atoms with Crippen molar-refractivity contribution in [1.82, 2.24) is 4.57 Å². The Morgan fingerprint density at radius 2 is 1.44 bits per heavy atom. The van der Waals surface area contributed by atoms with E-state index in [-0.39, 0.29) is 17.0 Å². The molecule has 0 amide bonds. The van der Waals surface area contributed by atoms with Crippen molar-refractivity contribution in [3.63, 3.8) is 0 Å². The van der Waals surface area contributed by atoms with Gasteiger partial charge in [0.2, 0.25) is 0 Å². The fourth-order valence-corrected chi connectivity index (χ4v) is 6.03. The van der Waals surface area contributed by atoms with Crippen LogP contribution in [0.4, 0.5) is 0 Å². The summed E-state index contributed by atoms with van der Waals surface area (Å²) in [5.41, 5.74) is 7.68. The van der Waals surface area contributed by atoms with Crippen LogP contribution in [0.2, 0.25) is 0 Å². The molecule has 3 aromatic rings. The van der Waals surface area contributed by atoms with Crippen molar-refractivity contribution in [1.29, 1.82) is 0 Å². The molecule has 0 fully saturated rings. The number of thiazole rings is 1. The number of hydrogen-bond donors (Lipinski definition) is 1. The number of carbonyl (C=O) groups is 2. The van der Waals surface area contributed by atoms with E-state index in [1.807, 2.05) is 61.0 Å². The van der Waals surface area contributed by atoms with E-state index in [2.05, 4.69) is 0 Å². The normalized spacial score (nSPS) is 15.6. The number of fused-ring (bicyclic) bond motifs is 1. The third-order valence-electron chi connectivity index (χ3n) is 5.82. The third-order valence-corrected chi connectivity index (χ3v) is 8.42. The topological polar surface area (TPSA) is 101 Å². The molecule has 186 valence electrons. The van der Waals surface area contributed by atoms with E-state index < -0.39 is 23.4 Å². The molecule has 1 atom stereocenters. The second-order valence-corrected chi connectivity index (χ2v) is 10.5. The van der Waals surface area contributed by atoms with Gasteiger partial charge in [-0.05, 0) is 54.0 Å². The van der Waals surface area contributed by atoms with Gasteiger partial charge in [-0.25, -0.2) is 9.59 Å². The first-order valence-electron chi connectivity index (χ1n) is 10.8. The van der Waals surface area contributed by atoms with Crippen LogP contribution in [0, 0.1) is 0 Å². The van der Waals surface area contributed by atoms with E-state index in [9.17, 15) is 14.4 Å². The van der Waals surface area contributed by atoms with Gasteiger partial charge in [0.05, 0.1) is 35.8 Å². The molecule has 1 aliphatic heterocycles. The fraction of sp³-hybridized carbons (Fsp3) is 0.192. The zero-order valence-electron chi connectivity index (χ0n) is 20.1. The summed E-state index contributed by atoms with van der Waals surface area (Å²) in [7, 11) is 2.50. The first-order valence-corrected chi connectivity index (χ1v) is 14.0. The lowest BCUT2D eigenvalue weighted by Crippen LogP contribution is -2.41. The van der Waals surface area contributed by atoms with Crippen LogP contribution < -0.4 is 20.5 Å². The number of nitrogens with zero attached hydrogens (tertiary/aromatic N) is 1. The Morgan fingerprint density at radius 1 is 0.917 bits per heavy atom. The first kappa shape index (κ1) is 25.9. The molecule has 0 bridgehead atoms. The zero-order valence-corrected chi connectivity index (χ0v) is 22.5. The highest BCUT2D eigenvalue weighted by Gasteiger charge is 2.39. The van der Waals surface area contributed by atoms with Crippen LogP contribution in [0.5, 0.6) is 0 Å². The van der Waals surface area contributed by atoms with E-state index in [1.165, 1.54) is 18.8 Å². The molecule has 2 N–H and O–H groups in total. The summed E-state index contributed by atoms with van der Waals surface area (Å²) in [6.07, 6.45) is 5.68. The van der Waals surface area contributed by atoms with Gasteiger partial charge in [-0.3, -0.25) is 9.36 Å².